The zero-order valence-electron chi connectivity index (χ0n) is 34.4. The lowest BCUT2D eigenvalue weighted by Gasteiger charge is -2.22. The van der Waals surface area contributed by atoms with E-state index in [1.165, 1.54) is 71.5 Å². The third-order valence-electron chi connectivity index (χ3n) is 12.9. The molecule has 0 spiro atoms. The number of nitrogens with zero attached hydrogens (tertiary/aromatic N) is 4. The third kappa shape index (κ3) is 5.72. The summed E-state index contributed by atoms with van der Waals surface area (Å²) in [4.78, 5) is 15.4. The van der Waals surface area contributed by atoms with Gasteiger partial charge in [-0.2, -0.15) is 0 Å². The van der Waals surface area contributed by atoms with Gasteiger partial charge in [-0.15, -0.1) is 0 Å². The highest BCUT2D eigenvalue weighted by Gasteiger charge is 2.35. The number of para-hydroxylation sites is 2. The number of hydrogen-bond donors (Lipinski definition) is 0. The first kappa shape index (κ1) is 35.9. The van der Waals surface area contributed by atoms with Crippen LogP contribution < -0.4 is 0 Å². The van der Waals surface area contributed by atoms with Crippen molar-refractivity contribution in [3.8, 4) is 73.2 Å². The molecule has 11 aromatic rings. The van der Waals surface area contributed by atoms with Crippen LogP contribution in [0.3, 0.4) is 0 Å². The quantitative estimate of drug-likeness (QED) is 0.168. The van der Waals surface area contributed by atoms with Crippen molar-refractivity contribution < 1.29 is 0 Å². The van der Waals surface area contributed by atoms with Crippen LogP contribution in [0.15, 0.2) is 206 Å². The molecule has 1 aliphatic carbocycles. The number of aromatic nitrogens is 4. The summed E-state index contributed by atoms with van der Waals surface area (Å²) in [7, 11) is 0. The van der Waals surface area contributed by atoms with Gasteiger partial charge in [-0.3, -0.25) is 0 Å². The Kier molecular flexibility index (Phi) is 8.16. The number of rotatable bonds is 6. The summed E-state index contributed by atoms with van der Waals surface area (Å²) in [5.74, 6) is 1.89. The zero-order valence-corrected chi connectivity index (χ0v) is 34.4. The molecule has 0 aliphatic heterocycles. The maximum atomic E-state index is 5.19. The highest BCUT2D eigenvalue weighted by atomic mass is 15.0. The molecule has 0 bridgehead atoms. The second-order valence-corrected chi connectivity index (χ2v) is 16.8. The van der Waals surface area contributed by atoms with Crippen LogP contribution >= 0.6 is 0 Å². The van der Waals surface area contributed by atoms with E-state index < -0.39 is 0 Å². The smallest absolute Gasteiger partial charge is 0.164 e. The molecule has 0 fully saturated rings. The van der Waals surface area contributed by atoms with E-state index in [0.717, 1.165) is 27.9 Å². The van der Waals surface area contributed by atoms with Gasteiger partial charge in [0.05, 0.1) is 11.0 Å². The minimum absolute atomic E-state index is 0.0833. The van der Waals surface area contributed by atoms with Crippen LogP contribution in [0.25, 0.3) is 106 Å². The van der Waals surface area contributed by atoms with Gasteiger partial charge in [0.25, 0.3) is 0 Å². The molecule has 2 heterocycles. The molecule has 1 aliphatic rings. The highest BCUT2D eigenvalue weighted by Crippen LogP contribution is 2.50. The van der Waals surface area contributed by atoms with Crippen LogP contribution in [-0.2, 0) is 5.41 Å². The highest BCUT2D eigenvalue weighted by molar-refractivity contribution is 6.09. The van der Waals surface area contributed by atoms with Crippen molar-refractivity contribution in [3.05, 3.63) is 217 Å². The fourth-order valence-corrected chi connectivity index (χ4v) is 9.83. The van der Waals surface area contributed by atoms with Crippen molar-refractivity contribution in [3.63, 3.8) is 0 Å². The van der Waals surface area contributed by atoms with E-state index in [0.29, 0.717) is 17.5 Å². The number of hydrogen-bond acceptors (Lipinski definition) is 3. The third-order valence-corrected chi connectivity index (χ3v) is 12.9. The average molecular weight is 793 g/mol. The van der Waals surface area contributed by atoms with Crippen molar-refractivity contribution in [1.82, 2.24) is 19.5 Å². The summed E-state index contributed by atoms with van der Waals surface area (Å²) < 4.78 is 2.33. The topological polar surface area (TPSA) is 43.6 Å². The summed E-state index contributed by atoms with van der Waals surface area (Å²) in [5.41, 5.74) is 16.3. The van der Waals surface area contributed by atoms with Crippen LogP contribution in [0, 0.1) is 0 Å². The molecule has 0 radical (unpaired) electrons. The van der Waals surface area contributed by atoms with Gasteiger partial charge in [0.2, 0.25) is 0 Å². The van der Waals surface area contributed by atoms with E-state index in [-0.39, 0.29) is 5.41 Å². The first-order valence-electron chi connectivity index (χ1n) is 21.3. The predicted molar refractivity (Wildman–Crippen MR) is 256 cm³/mol. The van der Waals surface area contributed by atoms with Crippen LogP contribution in [0.4, 0.5) is 0 Å². The molecule has 0 saturated heterocycles. The Morgan fingerprint density at radius 1 is 0.355 bits per heavy atom. The predicted octanol–water partition coefficient (Wildman–Crippen LogP) is 14.8. The van der Waals surface area contributed by atoms with Crippen LogP contribution in [0.2, 0.25) is 0 Å². The molecule has 2 aromatic heterocycles. The zero-order chi connectivity index (χ0) is 41.4. The standard InChI is InChI=1S/C58H40N4/c1-58(2)50-26-9-6-21-46(50)47-34-31-41(36-51(47)58)45-25-14-18-37-17-13-24-44(54(37)45)40-19-12-20-42(35-40)57-60-55(38-15-4-3-5-16-38)59-56(61-57)39-29-32-43(33-30-39)62-52-27-10-7-22-48(52)49-23-8-11-28-53(49)62/h3-36H,1-2H3. The van der Waals surface area contributed by atoms with Crippen LogP contribution in [0.5, 0.6) is 0 Å². The Morgan fingerprint density at radius 2 is 0.839 bits per heavy atom. The SMILES string of the molecule is CC1(C)c2ccccc2-c2ccc(-c3cccc4cccc(-c5cccc(-c6nc(-c7ccccc7)nc(-c7ccc(-n8c9ccccc9c9ccccc98)cc7)n6)c5)c34)cc21. The van der Waals surface area contributed by atoms with E-state index >= 15 is 0 Å². The second kappa shape index (κ2) is 14.1. The lowest BCUT2D eigenvalue weighted by atomic mass is 9.81. The first-order valence-corrected chi connectivity index (χ1v) is 21.3. The molecule has 0 unspecified atom stereocenters. The van der Waals surface area contributed by atoms with Crippen molar-refractivity contribution >= 4 is 32.6 Å². The molecule has 0 N–H and O–H groups in total. The fourth-order valence-electron chi connectivity index (χ4n) is 9.83. The van der Waals surface area contributed by atoms with Crippen molar-refractivity contribution in [2.45, 2.75) is 19.3 Å². The Labute approximate surface area is 360 Å². The maximum absolute atomic E-state index is 5.19. The molecule has 0 saturated carbocycles. The normalized spacial score (nSPS) is 12.8. The van der Waals surface area contributed by atoms with E-state index in [9.17, 15) is 0 Å². The first-order chi connectivity index (χ1) is 30.5. The Bertz CT molecular complexity index is 3480. The lowest BCUT2D eigenvalue weighted by Crippen LogP contribution is -2.14. The molecule has 4 heteroatoms. The van der Waals surface area contributed by atoms with E-state index in [2.05, 4.69) is 206 Å². The van der Waals surface area contributed by atoms with Gasteiger partial charge in [-0.25, -0.2) is 15.0 Å². The molecular formula is C58H40N4. The fraction of sp³-hybridized carbons (Fsp3) is 0.0517. The van der Waals surface area contributed by atoms with Crippen LogP contribution in [0.1, 0.15) is 25.0 Å². The summed E-state index contributed by atoms with van der Waals surface area (Å²) in [6.45, 7) is 4.69. The molecule has 12 rings (SSSR count). The molecule has 4 nitrogen and oxygen atoms in total. The molecule has 0 atom stereocenters. The molecule has 292 valence electrons. The number of benzene rings is 9. The minimum Gasteiger partial charge on any atom is -0.309 e. The van der Waals surface area contributed by atoms with Gasteiger partial charge in [0.15, 0.2) is 17.5 Å². The molecular weight excluding hydrogens is 753 g/mol. The summed E-state index contributed by atoms with van der Waals surface area (Å²) in [6, 6.07) is 73.8. The minimum atomic E-state index is -0.0833. The lowest BCUT2D eigenvalue weighted by molar-refractivity contribution is 0.660. The van der Waals surface area contributed by atoms with E-state index in [1.54, 1.807) is 0 Å². The summed E-state index contributed by atoms with van der Waals surface area (Å²) in [6.07, 6.45) is 0. The van der Waals surface area contributed by atoms with Gasteiger partial charge in [0.1, 0.15) is 0 Å². The molecule has 0 amide bonds. The number of fused-ring (bicyclic) bond motifs is 7. The Morgan fingerprint density at radius 3 is 1.53 bits per heavy atom. The van der Waals surface area contributed by atoms with Gasteiger partial charge in [-0.05, 0) is 104 Å². The van der Waals surface area contributed by atoms with Crippen molar-refractivity contribution in [2.24, 2.45) is 0 Å². The summed E-state index contributed by atoms with van der Waals surface area (Å²) >= 11 is 0. The van der Waals surface area contributed by atoms with Crippen LogP contribution in [-0.4, -0.2) is 19.5 Å². The van der Waals surface area contributed by atoms with Crippen molar-refractivity contribution in [1.29, 1.82) is 0 Å². The van der Waals surface area contributed by atoms with E-state index in [4.69, 9.17) is 15.0 Å². The monoisotopic (exact) mass is 792 g/mol. The average Bonchev–Trinajstić information content (AvgIpc) is 3.79. The molecule has 9 aromatic carbocycles. The van der Waals surface area contributed by atoms with Gasteiger partial charge < -0.3 is 4.57 Å². The van der Waals surface area contributed by atoms with Crippen molar-refractivity contribution in [2.75, 3.05) is 0 Å². The second-order valence-electron chi connectivity index (χ2n) is 16.8. The van der Waals surface area contributed by atoms with Gasteiger partial charge in [0, 0.05) is 38.6 Å². The molecule has 62 heavy (non-hydrogen) atoms. The van der Waals surface area contributed by atoms with Gasteiger partial charge >= 0.3 is 0 Å². The Hall–Kier alpha value is -7.95. The summed E-state index contributed by atoms with van der Waals surface area (Å²) in [5, 5.41) is 4.90. The van der Waals surface area contributed by atoms with Gasteiger partial charge in [-0.1, -0.05) is 172 Å². The van der Waals surface area contributed by atoms with E-state index in [1.807, 2.05) is 18.2 Å². The largest absolute Gasteiger partial charge is 0.309 e. The Balaban J connectivity index is 0.964. The maximum Gasteiger partial charge on any atom is 0.164 e.